The number of para-hydroxylation sites is 1. The average Bonchev–Trinajstić information content (AvgIpc) is 2.80. The van der Waals surface area contributed by atoms with Crippen LogP contribution < -0.4 is 15.0 Å². The van der Waals surface area contributed by atoms with Crippen molar-refractivity contribution in [3.63, 3.8) is 0 Å². The summed E-state index contributed by atoms with van der Waals surface area (Å²) in [6.07, 6.45) is 5.98. The summed E-state index contributed by atoms with van der Waals surface area (Å²) in [5.74, 6) is 3.34. The smallest absolute Gasteiger partial charge is 0.225 e. The first-order chi connectivity index (χ1) is 15.4. The van der Waals surface area contributed by atoms with E-state index in [0.29, 0.717) is 11.8 Å². The van der Waals surface area contributed by atoms with Gasteiger partial charge in [0.25, 0.3) is 0 Å². The van der Waals surface area contributed by atoms with Gasteiger partial charge in [0.15, 0.2) is 11.5 Å². The lowest BCUT2D eigenvalue weighted by Gasteiger charge is -2.27. The minimum absolute atomic E-state index is 0.199. The van der Waals surface area contributed by atoms with Crippen LogP contribution in [-0.4, -0.2) is 42.3 Å². The Labute approximate surface area is 191 Å². The van der Waals surface area contributed by atoms with E-state index in [0.717, 1.165) is 35.0 Å². The van der Waals surface area contributed by atoms with E-state index in [9.17, 15) is 5.11 Å². The normalized spacial score (nSPS) is 17.9. The molecule has 1 aliphatic carbocycles. The van der Waals surface area contributed by atoms with E-state index in [1.807, 2.05) is 38.4 Å². The molecule has 172 valence electrons. The van der Waals surface area contributed by atoms with Crippen LogP contribution in [0.15, 0.2) is 42.5 Å². The van der Waals surface area contributed by atoms with Crippen LogP contribution in [0.5, 0.6) is 11.5 Å². The number of ether oxygens (including phenoxy) is 1. The Balaban J connectivity index is 0.000000222. The number of rotatable bonds is 5. The van der Waals surface area contributed by atoms with Crippen LogP contribution >= 0.6 is 0 Å². The summed E-state index contributed by atoms with van der Waals surface area (Å²) >= 11 is 0. The molecule has 0 radical (unpaired) electrons. The van der Waals surface area contributed by atoms with Gasteiger partial charge in [-0.3, -0.25) is 0 Å². The van der Waals surface area contributed by atoms with Gasteiger partial charge in [-0.05, 0) is 67.9 Å². The molecular formula is C26H36N4O2. The highest BCUT2D eigenvalue weighted by Gasteiger charge is 2.19. The molecule has 6 heteroatoms. The molecule has 2 aromatic carbocycles. The minimum Gasteiger partial charge on any atom is -0.504 e. The van der Waals surface area contributed by atoms with Gasteiger partial charge in [0.1, 0.15) is 5.82 Å². The first kappa shape index (κ1) is 23.6. The number of hydrogen-bond donors (Lipinski definition) is 2. The summed E-state index contributed by atoms with van der Waals surface area (Å²) in [5.41, 5.74) is 2.17. The van der Waals surface area contributed by atoms with Crippen LogP contribution in [0.3, 0.4) is 0 Å². The summed E-state index contributed by atoms with van der Waals surface area (Å²) in [7, 11) is 5.61. The molecule has 32 heavy (non-hydrogen) atoms. The fourth-order valence-corrected chi connectivity index (χ4v) is 3.99. The highest BCUT2D eigenvalue weighted by atomic mass is 16.5. The minimum atomic E-state index is 0.199. The lowest BCUT2D eigenvalue weighted by Crippen LogP contribution is -2.26. The van der Waals surface area contributed by atoms with Gasteiger partial charge in [0, 0.05) is 25.5 Å². The third-order valence-corrected chi connectivity index (χ3v) is 6.01. The molecule has 0 unspecified atom stereocenters. The van der Waals surface area contributed by atoms with Crippen molar-refractivity contribution in [1.82, 2.24) is 9.97 Å². The number of nitrogens with one attached hydrogen (secondary N) is 1. The zero-order valence-electron chi connectivity index (χ0n) is 19.9. The maximum absolute atomic E-state index is 9.21. The predicted molar refractivity (Wildman–Crippen MR) is 133 cm³/mol. The molecule has 6 nitrogen and oxygen atoms in total. The van der Waals surface area contributed by atoms with E-state index in [1.54, 1.807) is 13.2 Å². The topological polar surface area (TPSA) is 70.5 Å². The van der Waals surface area contributed by atoms with Crippen molar-refractivity contribution in [3.8, 4) is 11.5 Å². The van der Waals surface area contributed by atoms with Crippen molar-refractivity contribution in [3.05, 3.63) is 48.0 Å². The summed E-state index contributed by atoms with van der Waals surface area (Å²) < 4.78 is 4.94. The number of aromatic hydroxyl groups is 1. The lowest BCUT2D eigenvalue weighted by molar-refractivity contribution is 0.360. The Morgan fingerprint density at radius 3 is 2.44 bits per heavy atom. The number of hydrogen-bond acceptors (Lipinski definition) is 6. The van der Waals surface area contributed by atoms with Gasteiger partial charge >= 0.3 is 0 Å². The first-order valence-corrected chi connectivity index (χ1v) is 11.5. The Kier molecular flexibility index (Phi) is 8.14. The zero-order chi connectivity index (χ0) is 23.1. The van der Waals surface area contributed by atoms with Crippen molar-refractivity contribution >= 4 is 22.7 Å². The monoisotopic (exact) mass is 436 g/mol. The summed E-state index contributed by atoms with van der Waals surface area (Å²) in [6, 6.07) is 14.1. The number of aromatic nitrogens is 2. The summed E-state index contributed by atoms with van der Waals surface area (Å²) in [6.45, 7) is 4.40. The van der Waals surface area contributed by atoms with E-state index < -0.39 is 0 Å². The third-order valence-electron chi connectivity index (χ3n) is 6.01. The molecule has 1 aliphatic rings. The second-order valence-corrected chi connectivity index (χ2v) is 8.74. The van der Waals surface area contributed by atoms with E-state index >= 15 is 0 Å². The Morgan fingerprint density at radius 2 is 1.78 bits per heavy atom. The molecule has 0 amide bonds. The summed E-state index contributed by atoms with van der Waals surface area (Å²) in [4.78, 5) is 11.5. The van der Waals surface area contributed by atoms with Crippen molar-refractivity contribution in [2.75, 3.05) is 31.4 Å². The number of fused-ring (bicyclic) bond motifs is 1. The molecule has 0 saturated heterocycles. The maximum atomic E-state index is 9.21. The first-order valence-electron chi connectivity index (χ1n) is 11.5. The molecule has 0 spiro atoms. The number of aryl methyl sites for hydroxylation is 1. The van der Waals surface area contributed by atoms with E-state index in [1.165, 1.54) is 31.2 Å². The highest BCUT2D eigenvalue weighted by Crippen LogP contribution is 2.28. The number of anilines is 2. The molecule has 0 bridgehead atoms. The predicted octanol–water partition coefficient (Wildman–Crippen LogP) is 5.65. The van der Waals surface area contributed by atoms with Gasteiger partial charge in [-0.25, -0.2) is 4.98 Å². The van der Waals surface area contributed by atoms with Crippen LogP contribution in [0, 0.1) is 5.92 Å². The molecule has 1 fully saturated rings. The second kappa shape index (κ2) is 11.0. The Hall–Kier alpha value is -3.02. The fourth-order valence-electron chi connectivity index (χ4n) is 3.99. The summed E-state index contributed by atoms with van der Waals surface area (Å²) in [5, 5.41) is 13.8. The van der Waals surface area contributed by atoms with Gasteiger partial charge in [-0.15, -0.1) is 0 Å². The number of phenolic OH excluding ortho intramolecular Hbond substituents is 1. The average molecular weight is 437 g/mol. The van der Waals surface area contributed by atoms with Gasteiger partial charge in [0.2, 0.25) is 5.95 Å². The van der Waals surface area contributed by atoms with Crippen molar-refractivity contribution < 1.29 is 9.84 Å². The molecule has 4 rings (SSSR count). The highest BCUT2D eigenvalue weighted by molar-refractivity contribution is 5.90. The molecule has 1 aromatic heterocycles. The van der Waals surface area contributed by atoms with Crippen LogP contribution in [0.1, 0.15) is 45.1 Å². The Morgan fingerprint density at radius 1 is 1.06 bits per heavy atom. The maximum Gasteiger partial charge on any atom is 0.225 e. The number of methoxy groups -OCH3 is 1. The van der Waals surface area contributed by atoms with Gasteiger partial charge < -0.3 is 20.1 Å². The van der Waals surface area contributed by atoms with Gasteiger partial charge in [-0.2, -0.15) is 4.98 Å². The van der Waals surface area contributed by atoms with Crippen molar-refractivity contribution in [2.45, 2.75) is 52.0 Å². The largest absolute Gasteiger partial charge is 0.504 e. The standard InChI is InChI=1S/C17H24N4.C9H12O2/c1-12-8-10-13(11-9-12)18-17-19-15-7-5-4-6-14(15)16(20-17)21(2)3;1-3-7-4-5-8(10)9(6-7)11-2/h4-7,12-13H,8-11H2,1-3H3,(H,18,19,20);4-6,10H,3H2,1-2H3. The molecule has 1 heterocycles. The zero-order valence-corrected chi connectivity index (χ0v) is 19.9. The molecular weight excluding hydrogens is 400 g/mol. The second-order valence-electron chi connectivity index (χ2n) is 8.74. The van der Waals surface area contributed by atoms with E-state index in [4.69, 9.17) is 9.72 Å². The molecule has 0 atom stereocenters. The third kappa shape index (κ3) is 6.02. The fraction of sp³-hybridized carbons (Fsp3) is 0.462. The van der Waals surface area contributed by atoms with Crippen molar-refractivity contribution in [1.29, 1.82) is 0 Å². The quantitative estimate of drug-likeness (QED) is 0.539. The van der Waals surface area contributed by atoms with Crippen molar-refractivity contribution in [2.24, 2.45) is 5.92 Å². The van der Waals surface area contributed by atoms with Crippen LogP contribution in [0.4, 0.5) is 11.8 Å². The van der Waals surface area contributed by atoms with E-state index in [-0.39, 0.29) is 5.75 Å². The molecule has 1 saturated carbocycles. The molecule has 3 aromatic rings. The van der Waals surface area contributed by atoms with Crippen LogP contribution in [0.25, 0.3) is 10.9 Å². The SMILES string of the molecule is CC1CCC(Nc2nc(N(C)C)c3ccccc3n2)CC1.CCc1ccc(O)c(OC)c1. The van der Waals surface area contributed by atoms with Crippen LogP contribution in [0.2, 0.25) is 0 Å². The number of phenols is 1. The molecule has 0 aliphatic heterocycles. The van der Waals surface area contributed by atoms with Gasteiger partial charge in [0.05, 0.1) is 12.6 Å². The van der Waals surface area contributed by atoms with Crippen LogP contribution in [-0.2, 0) is 6.42 Å². The molecule has 2 N–H and O–H groups in total. The number of benzene rings is 2. The lowest BCUT2D eigenvalue weighted by atomic mass is 9.87. The van der Waals surface area contributed by atoms with E-state index in [2.05, 4.69) is 41.2 Å². The van der Waals surface area contributed by atoms with Gasteiger partial charge in [-0.1, -0.05) is 32.0 Å². The number of nitrogens with zero attached hydrogens (tertiary/aromatic N) is 3. The Bertz CT molecular complexity index is 1010.